The Bertz CT molecular complexity index is 559. The molecule has 0 aliphatic carbocycles. The third-order valence-corrected chi connectivity index (χ3v) is 4.57. The monoisotopic (exact) mass is 285 g/mol. The summed E-state index contributed by atoms with van der Waals surface area (Å²) in [5.74, 6) is 0. The normalized spacial score (nSPS) is 20.5. The van der Waals surface area contributed by atoms with Gasteiger partial charge in [0.15, 0.2) is 0 Å². The number of anilines is 2. The van der Waals surface area contributed by atoms with Gasteiger partial charge in [-0.1, -0.05) is 0 Å². The zero-order valence-corrected chi connectivity index (χ0v) is 11.9. The van der Waals surface area contributed by atoms with E-state index < -0.39 is 10.0 Å². The molecule has 1 aromatic carbocycles. The number of hydrogen-bond donors (Lipinski definition) is 2. The number of ether oxygens (including phenoxy) is 1. The number of sulfonamides is 1. The molecule has 0 bridgehead atoms. The van der Waals surface area contributed by atoms with E-state index in [2.05, 4.69) is 9.62 Å². The van der Waals surface area contributed by atoms with Crippen LogP contribution in [0, 0.1) is 0 Å². The molecule has 0 aromatic heterocycles. The van der Waals surface area contributed by atoms with Gasteiger partial charge in [0.1, 0.15) is 0 Å². The minimum absolute atomic E-state index is 0.109. The van der Waals surface area contributed by atoms with Crippen molar-refractivity contribution in [2.75, 3.05) is 37.4 Å². The second kappa shape index (κ2) is 5.36. The number of nitrogen functional groups attached to an aromatic ring is 1. The smallest absolute Gasteiger partial charge is 0.240 e. The SMILES string of the molecule is CNS(=O)(=O)c1ccc(N)c(N2CCOC(C)C2)c1. The topological polar surface area (TPSA) is 84.7 Å². The van der Waals surface area contributed by atoms with Crippen LogP contribution in [-0.2, 0) is 14.8 Å². The third-order valence-electron chi connectivity index (χ3n) is 3.16. The van der Waals surface area contributed by atoms with E-state index in [1.807, 2.05) is 6.92 Å². The van der Waals surface area contributed by atoms with Crippen molar-refractivity contribution in [3.8, 4) is 0 Å². The van der Waals surface area contributed by atoms with Gasteiger partial charge in [-0.3, -0.25) is 0 Å². The van der Waals surface area contributed by atoms with Gasteiger partial charge in [0.2, 0.25) is 10.0 Å². The van der Waals surface area contributed by atoms with E-state index in [1.54, 1.807) is 12.1 Å². The summed E-state index contributed by atoms with van der Waals surface area (Å²) in [6.45, 7) is 4.00. The van der Waals surface area contributed by atoms with E-state index in [9.17, 15) is 8.42 Å². The molecule has 0 saturated carbocycles. The van der Waals surface area contributed by atoms with Crippen LogP contribution in [-0.4, -0.2) is 41.3 Å². The van der Waals surface area contributed by atoms with Crippen molar-refractivity contribution < 1.29 is 13.2 Å². The number of hydrogen-bond acceptors (Lipinski definition) is 5. The van der Waals surface area contributed by atoms with Crippen LogP contribution in [0.25, 0.3) is 0 Å². The van der Waals surface area contributed by atoms with Crippen molar-refractivity contribution in [2.24, 2.45) is 0 Å². The summed E-state index contributed by atoms with van der Waals surface area (Å²) < 4.78 is 31.4. The van der Waals surface area contributed by atoms with Crippen molar-refractivity contribution in [1.82, 2.24) is 4.72 Å². The number of nitrogens with one attached hydrogen (secondary N) is 1. The van der Waals surface area contributed by atoms with Gasteiger partial charge < -0.3 is 15.4 Å². The zero-order valence-electron chi connectivity index (χ0n) is 11.1. The summed E-state index contributed by atoms with van der Waals surface area (Å²) in [6, 6.07) is 4.74. The highest BCUT2D eigenvalue weighted by Crippen LogP contribution is 2.28. The predicted molar refractivity (Wildman–Crippen MR) is 74.7 cm³/mol. The van der Waals surface area contributed by atoms with E-state index in [0.717, 1.165) is 5.69 Å². The summed E-state index contributed by atoms with van der Waals surface area (Å²) in [4.78, 5) is 2.27. The lowest BCUT2D eigenvalue weighted by Crippen LogP contribution is -2.41. The lowest BCUT2D eigenvalue weighted by atomic mass is 10.2. The molecule has 0 spiro atoms. The lowest BCUT2D eigenvalue weighted by Gasteiger charge is -2.33. The maximum atomic E-state index is 11.8. The van der Waals surface area contributed by atoms with Crippen molar-refractivity contribution in [1.29, 1.82) is 0 Å². The summed E-state index contributed by atoms with van der Waals surface area (Å²) in [5, 5.41) is 0. The second-order valence-corrected chi connectivity index (χ2v) is 6.44. The Balaban J connectivity index is 2.37. The number of benzene rings is 1. The molecule has 3 N–H and O–H groups in total. The fourth-order valence-corrected chi connectivity index (χ4v) is 2.87. The molecule has 0 radical (unpaired) electrons. The Labute approximate surface area is 113 Å². The lowest BCUT2D eigenvalue weighted by molar-refractivity contribution is 0.0532. The number of nitrogens with zero attached hydrogens (tertiary/aromatic N) is 1. The Morgan fingerprint density at radius 1 is 1.47 bits per heavy atom. The maximum absolute atomic E-state index is 11.8. The highest BCUT2D eigenvalue weighted by molar-refractivity contribution is 7.89. The van der Waals surface area contributed by atoms with Crippen LogP contribution >= 0.6 is 0 Å². The molecule has 1 atom stereocenters. The number of rotatable bonds is 3. The Kier molecular flexibility index (Phi) is 3.98. The molecule has 1 aliphatic heterocycles. The number of nitrogens with two attached hydrogens (primary N) is 1. The predicted octanol–water partition coefficient (Wildman–Crippen LogP) is 0.402. The average molecular weight is 285 g/mol. The van der Waals surface area contributed by atoms with Gasteiger partial charge in [-0.25, -0.2) is 13.1 Å². The first kappa shape index (κ1) is 14.1. The minimum atomic E-state index is -3.45. The highest BCUT2D eigenvalue weighted by atomic mass is 32.2. The first-order valence-electron chi connectivity index (χ1n) is 6.13. The third kappa shape index (κ3) is 2.99. The van der Waals surface area contributed by atoms with Crippen LogP contribution in [0.3, 0.4) is 0 Å². The van der Waals surface area contributed by atoms with Gasteiger partial charge in [0.25, 0.3) is 0 Å². The maximum Gasteiger partial charge on any atom is 0.240 e. The molecular formula is C12H19N3O3S. The Morgan fingerprint density at radius 2 is 2.21 bits per heavy atom. The van der Waals surface area contributed by atoms with Gasteiger partial charge >= 0.3 is 0 Å². The second-order valence-electron chi connectivity index (χ2n) is 4.56. The van der Waals surface area contributed by atoms with Crippen molar-refractivity contribution in [3.63, 3.8) is 0 Å². The van der Waals surface area contributed by atoms with E-state index in [1.165, 1.54) is 13.1 Å². The molecule has 1 fully saturated rings. The standard InChI is InChI=1S/C12H19N3O3S/c1-9-8-15(5-6-18-9)12-7-10(3-4-11(12)13)19(16,17)14-2/h3-4,7,9,14H,5-6,8,13H2,1-2H3. The van der Waals surface area contributed by atoms with Gasteiger partial charge in [-0.2, -0.15) is 0 Å². The molecule has 2 rings (SSSR count). The molecular weight excluding hydrogens is 266 g/mol. The van der Waals surface area contributed by atoms with Crippen LogP contribution in [0.5, 0.6) is 0 Å². The van der Waals surface area contributed by atoms with Crippen LogP contribution in [0.15, 0.2) is 23.1 Å². The molecule has 0 amide bonds. The molecule has 1 saturated heterocycles. The molecule has 1 aromatic rings. The fourth-order valence-electron chi connectivity index (χ4n) is 2.12. The summed E-state index contributed by atoms with van der Waals surface area (Å²) in [6.07, 6.45) is 0.109. The fraction of sp³-hybridized carbons (Fsp3) is 0.500. The van der Waals surface area contributed by atoms with E-state index in [0.29, 0.717) is 25.4 Å². The van der Waals surface area contributed by atoms with E-state index in [-0.39, 0.29) is 11.0 Å². The molecule has 1 aliphatic rings. The van der Waals surface area contributed by atoms with Gasteiger partial charge in [-0.05, 0) is 32.2 Å². The van der Waals surface area contributed by atoms with Crippen LogP contribution in [0.2, 0.25) is 0 Å². The van der Waals surface area contributed by atoms with E-state index in [4.69, 9.17) is 10.5 Å². The molecule has 19 heavy (non-hydrogen) atoms. The summed E-state index contributed by atoms with van der Waals surface area (Å²) in [5.41, 5.74) is 7.27. The molecule has 7 heteroatoms. The van der Waals surface area contributed by atoms with Crippen LogP contribution in [0.4, 0.5) is 11.4 Å². The molecule has 6 nitrogen and oxygen atoms in total. The largest absolute Gasteiger partial charge is 0.397 e. The summed E-state index contributed by atoms with van der Waals surface area (Å²) in [7, 11) is -2.06. The Hall–Kier alpha value is -1.31. The molecule has 1 heterocycles. The summed E-state index contributed by atoms with van der Waals surface area (Å²) >= 11 is 0. The van der Waals surface area contributed by atoms with E-state index >= 15 is 0 Å². The molecule has 106 valence electrons. The zero-order chi connectivity index (χ0) is 14.0. The van der Waals surface area contributed by atoms with Crippen molar-refractivity contribution in [3.05, 3.63) is 18.2 Å². The Morgan fingerprint density at radius 3 is 2.84 bits per heavy atom. The first-order valence-corrected chi connectivity index (χ1v) is 7.62. The van der Waals surface area contributed by atoms with Crippen molar-refractivity contribution >= 4 is 21.4 Å². The van der Waals surface area contributed by atoms with Crippen LogP contribution < -0.4 is 15.4 Å². The first-order chi connectivity index (χ1) is 8.94. The quantitative estimate of drug-likeness (QED) is 0.785. The van der Waals surface area contributed by atoms with Gasteiger partial charge in [0, 0.05) is 13.1 Å². The van der Waals surface area contributed by atoms with Gasteiger partial charge in [0.05, 0.1) is 29.0 Å². The van der Waals surface area contributed by atoms with Crippen molar-refractivity contribution in [2.45, 2.75) is 17.9 Å². The minimum Gasteiger partial charge on any atom is -0.397 e. The highest BCUT2D eigenvalue weighted by Gasteiger charge is 2.21. The number of morpholine rings is 1. The van der Waals surface area contributed by atoms with Gasteiger partial charge in [-0.15, -0.1) is 0 Å². The van der Waals surface area contributed by atoms with Crippen LogP contribution in [0.1, 0.15) is 6.92 Å². The average Bonchev–Trinajstić information content (AvgIpc) is 2.39. The molecule has 1 unspecified atom stereocenters.